The topological polar surface area (TPSA) is 34.9 Å². The van der Waals surface area contributed by atoms with Crippen LogP contribution in [0.4, 0.5) is 0 Å². The van der Waals surface area contributed by atoms with E-state index >= 15 is 0 Å². The van der Waals surface area contributed by atoms with Gasteiger partial charge in [0.2, 0.25) is 0 Å². The first kappa shape index (κ1) is 6.54. The van der Waals surface area contributed by atoms with Gasteiger partial charge in [-0.1, -0.05) is 0 Å². The fraction of sp³-hybridized carbons (Fsp3) is 0.143. The number of carbonyl (C=O) groups is 1. The van der Waals surface area contributed by atoms with Gasteiger partial charge in [0.25, 0.3) is 0 Å². The van der Waals surface area contributed by atoms with Gasteiger partial charge in [-0.05, 0) is 6.07 Å². The van der Waals surface area contributed by atoms with Crippen molar-refractivity contribution in [1.82, 2.24) is 9.78 Å². The van der Waals surface area contributed by atoms with Gasteiger partial charge in [-0.2, -0.15) is 5.10 Å². The van der Waals surface area contributed by atoms with Crippen LogP contribution in [-0.4, -0.2) is 16.1 Å². The summed E-state index contributed by atoms with van der Waals surface area (Å²) in [7, 11) is 1.87. The number of hydrogen-bond donors (Lipinski definition) is 0. The van der Waals surface area contributed by atoms with E-state index < -0.39 is 0 Å². The zero-order valence-corrected chi connectivity index (χ0v) is 6.76. The molecule has 0 bridgehead atoms. The summed E-state index contributed by atoms with van der Waals surface area (Å²) in [6, 6.07) is 1.80. The summed E-state index contributed by atoms with van der Waals surface area (Å²) in [5.41, 5.74) is 0.902. The molecule has 0 aromatic carbocycles. The molecule has 0 aliphatic heterocycles. The number of carbonyl (C=O) groups excluding carboxylic acids is 1. The molecule has 0 fully saturated rings. The Kier molecular flexibility index (Phi) is 1.29. The lowest BCUT2D eigenvalue weighted by atomic mass is 10.4. The standard InChI is InChI=1S/C7H6N2OS/c1-9-3-7-6(8-9)2-5(4-10)11-7/h2-4H,1H3. The Bertz CT molecular complexity index is 370. The van der Waals surface area contributed by atoms with Crippen LogP contribution < -0.4 is 0 Å². The molecule has 0 saturated carbocycles. The molecule has 2 aromatic heterocycles. The first-order chi connectivity index (χ1) is 5.29. The highest BCUT2D eigenvalue weighted by Gasteiger charge is 2.02. The molecule has 2 rings (SSSR count). The lowest BCUT2D eigenvalue weighted by molar-refractivity contribution is 0.112. The summed E-state index contributed by atoms with van der Waals surface area (Å²) >= 11 is 1.47. The van der Waals surface area contributed by atoms with E-state index in [9.17, 15) is 4.79 Å². The molecule has 11 heavy (non-hydrogen) atoms. The third kappa shape index (κ3) is 0.952. The first-order valence-electron chi connectivity index (χ1n) is 3.18. The minimum Gasteiger partial charge on any atom is -0.297 e. The van der Waals surface area contributed by atoms with Crippen molar-refractivity contribution in [3.05, 3.63) is 17.1 Å². The van der Waals surface area contributed by atoms with Crippen LogP contribution in [0.1, 0.15) is 9.67 Å². The number of hydrogen-bond acceptors (Lipinski definition) is 3. The van der Waals surface area contributed by atoms with Crippen molar-refractivity contribution < 1.29 is 4.79 Å². The quantitative estimate of drug-likeness (QED) is 0.601. The minimum atomic E-state index is 0.739. The van der Waals surface area contributed by atoms with E-state index in [1.807, 2.05) is 13.2 Å². The molecule has 0 aliphatic rings. The van der Waals surface area contributed by atoms with Crippen LogP contribution in [0.25, 0.3) is 10.2 Å². The highest BCUT2D eigenvalue weighted by atomic mass is 32.1. The lowest BCUT2D eigenvalue weighted by Crippen LogP contribution is -1.85. The average molecular weight is 166 g/mol. The molecule has 0 spiro atoms. The summed E-state index contributed by atoms with van der Waals surface area (Å²) in [6.07, 6.45) is 2.76. The molecule has 56 valence electrons. The van der Waals surface area contributed by atoms with E-state index in [1.165, 1.54) is 11.3 Å². The second kappa shape index (κ2) is 2.17. The number of aryl methyl sites for hydroxylation is 1. The zero-order chi connectivity index (χ0) is 7.84. The van der Waals surface area contributed by atoms with Crippen LogP contribution in [0.2, 0.25) is 0 Å². The lowest BCUT2D eigenvalue weighted by Gasteiger charge is -1.81. The SMILES string of the molecule is Cn1cc2sc(C=O)cc2n1. The molecule has 0 saturated heterocycles. The highest BCUT2D eigenvalue weighted by Crippen LogP contribution is 2.22. The van der Waals surface area contributed by atoms with Gasteiger partial charge in [0.05, 0.1) is 9.58 Å². The maximum absolute atomic E-state index is 10.3. The van der Waals surface area contributed by atoms with Crippen molar-refractivity contribution >= 4 is 27.8 Å². The molecule has 2 aromatic rings. The molecule has 3 nitrogen and oxygen atoms in total. The van der Waals surface area contributed by atoms with Gasteiger partial charge in [-0.3, -0.25) is 9.48 Å². The number of aldehydes is 1. The average Bonchev–Trinajstić information content (AvgIpc) is 2.43. The Morgan fingerprint density at radius 2 is 2.55 bits per heavy atom. The molecular formula is C7H6N2OS. The summed E-state index contributed by atoms with van der Waals surface area (Å²) < 4.78 is 2.81. The second-order valence-electron chi connectivity index (χ2n) is 2.32. The van der Waals surface area contributed by atoms with E-state index in [0.29, 0.717) is 0 Å². The number of fused-ring (bicyclic) bond motifs is 1. The molecule has 4 heteroatoms. The van der Waals surface area contributed by atoms with Gasteiger partial charge in [0.1, 0.15) is 5.52 Å². The molecule has 0 radical (unpaired) electrons. The van der Waals surface area contributed by atoms with Crippen molar-refractivity contribution in [3.63, 3.8) is 0 Å². The van der Waals surface area contributed by atoms with Crippen LogP contribution in [0.3, 0.4) is 0 Å². The Labute approximate surface area is 67.3 Å². The van der Waals surface area contributed by atoms with Crippen LogP contribution in [0.15, 0.2) is 12.3 Å². The zero-order valence-electron chi connectivity index (χ0n) is 5.94. The molecule has 0 N–H and O–H groups in total. The molecule has 0 atom stereocenters. The van der Waals surface area contributed by atoms with E-state index in [4.69, 9.17) is 0 Å². The van der Waals surface area contributed by atoms with Crippen molar-refractivity contribution in [3.8, 4) is 0 Å². The summed E-state index contributed by atoms with van der Waals surface area (Å²) in [5, 5.41) is 4.15. The number of thiophene rings is 1. The molecule has 0 aliphatic carbocycles. The second-order valence-corrected chi connectivity index (χ2v) is 3.43. The summed E-state index contributed by atoms with van der Waals surface area (Å²) in [5.74, 6) is 0. The maximum Gasteiger partial charge on any atom is 0.160 e. The van der Waals surface area contributed by atoms with Gasteiger partial charge < -0.3 is 0 Å². The normalized spacial score (nSPS) is 10.6. The third-order valence-electron chi connectivity index (χ3n) is 1.44. The predicted molar refractivity (Wildman–Crippen MR) is 44.0 cm³/mol. The van der Waals surface area contributed by atoms with E-state index in [-0.39, 0.29) is 0 Å². The molecule has 0 amide bonds. The molecule has 0 unspecified atom stereocenters. The third-order valence-corrected chi connectivity index (χ3v) is 2.43. The van der Waals surface area contributed by atoms with Crippen molar-refractivity contribution in [2.24, 2.45) is 7.05 Å². The van der Waals surface area contributed by atoms with Crippen LogP contribution in [0.5, 0.6) is 0 Å². The first-order valence-corrected chi connectivity index (χ1v) is 3.99. The minimum absolute atomic E-state index is 0.739. The number of nitrogens with zero attached hydrogens (tertiary/aromatic N) is 2. The van der Waals surface area contributed by atoms with E-state index in [1.54, 1.807) is 10.7 Å². The summed E-state index contributed by atoms with van der Waals surface area (Å²) in [4.78, 5) is 11.1. The fourth-order valence-corrected chi connectivity index (χ4v) is 1.89. The van der Waals surface area contributed by atoms with Gasteiger partial charge in [0, 0.05) is 13.2 Å². The monoisotopic (exact) mass is 166 g/mol. The van der Waals surface area contributed by atoms with Gasteiger partial charge >= 0.3 is 0 Å². The maximum atomic E-state index is 10.3. The number of aromatic nitrogens is 2. The van der Waals surface area contributed by atoms with Crippen LogP contribution in [-0.2, 0) is 7.05 Å². The van der Waals surface area contributed by atoms with Gasteiger partial charge in [0.15, 0.2) is 6.29 Å². The van der Waals surface area contributed by atoms with E-state index in [2.05, 4.69) is 5.10 Å². The largest absolute Gasteiger partial charge is 0.297 e. The molecule has 2 heterocycles. The Morgan fingerprint density at radius 3 is 3.18 bits per heavy atom. The van der Waals surface area contributed by atoms with Crippen molar-refractivity contribution in [1.29, 1.82) is 0 Å². The van der Waals surface area contributed by atoms with E-state index in [0.717, 1.165) is 21.4 Å². The van der Waals surface area contributed by atoms with Crippen LogP contribution in [0, 0.1) is 0 Å². The Morgan fingerprint density at radius 1 is 1.73 bits per heavy atom. The summed E-state index contributed by atoms with van der Waals surface area (Å²) in [6.45, 7) is 0. The van der Waals surface area contributed by atoms with Crippen LogP contribution >= 0.6 is 11.3 Å². The van der Waals surface area contributed by atoms with Crippen molar-refractivity contribution in [2.45, 2.75) is 0 Å². The Balaban J connectivity index is 2.72. The predicted octanol–water partition coefficient (Wildman–Crippen LogP) is 1.45. The van der Waals surface area contributed by atoms with Gasteiger partial charge in [-0.15, -0.1) is 11.3 Å². The van der Waals surface area contributed by atoms with Crippen molar-refractivity contribution in [2.75, 3.05) is 0 Å². The number of rotatable bonds is 1. The fourth-order valence-electron chi connectivity index (χ4n) is 1.01. The highest BCUT2D eigenvalue weighted by molar-refractivity contribution is 7.20. The Hall–Kier alpha value is -1.16. The molecular weight excluding hydrogens is 160 g/mol. The smallest absolute Gasteiger partial charge is 0.160 e. The van der Waals surface area contributed by atoms with Gasteiger partial charge in [-0.25, -0.2) is 0 Å².